The molecule has 0 unspecified atom stereocenters. The third-order valence-corrected chi connectivity index (χ3v) is 3.54. The molecule has 0 aliphatic heterocycles. The van der Waals surface area contributed by atoms with Gasteiger partial charge >= 0.3 is 0 Å². The molecule has 0 aromatic heterocycles. The zero-order valence-electron chi connectivity index (χ0n) is 11.8. The molecule has 4 N–H and O–H groups in total. The number of anilines is 1. The lowest BCUT2D eigenvalue weighted by atomic mass is 10.1. The van der Waals surface area contributed by atoms with Gasteiger partial charge < -0.3 is 15.7 Å². The molecule has 0 saturated heterocycles. The van der Waals surface area contributed by atoms with E-state index >= 15 is 0 Å². The topological polar surface area (TPSA) is 65.9 Å². The molecule has 1 amide bonds. The maximum atomic E-state index is 12.5. The molecule has 0 radical (unpaired) electrons. The first-order valence-corrected chi connectivity index (χ1v) is 7.62. The van der Waals surface area contributed by atoms with Crippen LogP contribution in [0.3, 0.4) is 0 Å². The molecule has 1 atom stereocenters. The first kappa shape index (κ1) is 16.8. The summed E-state index contributed by atoms with van der Waals surface area (Å²) in [5, 5.41) is 14.5. The lowest BCUT2D eigenvalue weighted by Gasteiger charge is -2.15. The number of hydrogen-bond donors (Lipinski definition) is 3. The molecule has 6 heteroatoms. The van der Waals surface area contributed by atoms with Crippen LogP contribution in [0.4, 0.5) is 5.69 Å². The summed E-state index contributed by atoms with van der Waals surface area (Å²) in [6, 6.07) is 13.8. The number of aliphatic hydroxyl groups excluding tert-OH is 1. The minimum absolute atomic E-state index is 0.000390. The van der Waals surface area contributed by atoms with Crippen LogP contribution >= 0.6 is 23.2 Å². The minimum Gasteiger partial charge on any atom is -0.391 e. The summed E-state index contributed by atoms with van der Waals surface area (Å²) in [7, 11) is 0. The molecule has 2 aromatic carbocycles. The molecule has 0 fully saturated rings. The van der Waals surface area contributed by atoms with Gasteiger partial charge in [-0.1, -0.05) is 53.5 Å². The monoisotopic (exact) mass is 339 g/mol. The molecule has 2 aromatic rings. The quantitative estimate of drug-likeness (QED) is 0.755. The molecule has 116 valence electrons. The van der Waals surface area contributed by atoms with Gasteiger partial charge in [0.15, 0.2) is 6.04 Å². The van der Waals surface area contributed by atoms with Crippen molar-refractivity contribution in [1.82, 2.24) is 0 Å². The van der Waals surface area contributed by atoms with Crippen LogP contribution in [0, 0.1) is 0 Å². The summed E-state index contributed by atoms with van der Waals surface area (Å²) in [6.07, 6.45) is 0. The van der Waals surface area contributed by atoms with Crippen molar-refractivity contribution >= 4 is 34.8 Å². The van der Waals surface area contributed by atoms with E-state index < -0.39 is 6.04 Å². The highest BCUT2D eigenvalue weighted by atomic mass is 35.5. The van der Waals surface area contributed by atoms with Crippen LogP contribution in [0.5, 0.6) is 0 Å². The third kappa shape index (κ3) is 4.71. The van der Waals surface area contributed by atoms with Crippen molar-refractivity contribution in [3.05, 3.63) is 64.1 Å². The zero-order chi connectivity index (χ0) is 15.9. The molecular weight excluding hydrogens is 323 g/mol. The second-order valence-electron chi connectivity index (χ2n) is 4.78. The number of amides is 1. The van der Waals surface area contributed by atoms with E-state index in [9.17, 15) is 4.79 Å². The van der Waals surface area contributed by atoms with E-state index in [1.807, 2.05) is 30.3 Å². The van der Waals surface area contributed by atoms with Gasteiger partial charge in [-0.15, -0.1) is 0 Å². The predicted molar refractivity (Wildman–Crippen MR) is 88.2 cm³/mol. The van der Waals surface area contributed by atoms with Gasteiger partial charge in [-0.05, 0) is 18.2 Å². The van der Waals surface area contributed by atoms with Gasteiger partial charge in [-0.2, -0.15) is 0 Å². The molecule has 0 aliphatic rings. The van der Waals surface area contributed by atoms with Gasteiger partial charge in [0.2, 0.25) is 0 Å². The summed E-state index contributed by atoms with van der Waals surface area (Å²) in [6.45, 7) is 0.433. The summed E-state index contributed by atoms with van der Waals surface area (Å²) >= 11 is 11.9. The van der Waals surface area contributed by atoms with Crippen molar-refractivity contribution in [1.29, 1.82) is 0 Å². The van der Waals surface area contributed by atoms with E-state index in [1.165, 1.54) is 0 Å². The van der Waals surface area contributed by atoms with Crippen molar-refractivity contribution in [2.24, 2.45) is 0 Å². The number of carbonyl (C=O) groups excluding carboxylic acids is 1. The highest BCUT2D eigenvalue weighted by Gasteiger charge is 2.23. The lowest BCUT2D eigenvalue weighted by molar-refractivity contribution is -0.683. The molecule has 0 aliphatic carbocycles. The molecule has 22 heavy (non-hydrogen) atoms. The standard InChI is InChI=1S/C16H16Cl2N2O2/c17-12-8-13(18)10-14(9-12)20-16(22)15(19-6-7-21)11-4-2-1-3-5-11/h1-5,8-10,15,19,21H,6-7H2,(H,20,22)/p+1/t15-/m1/s1. The largest absolute Gasteiger partial charge is 0.391 e. The Bertz CT molecular complexity index is 615. The number of nitrogens with two attached hydrogens (primary N) is 1. The molecular formula is C16H17Cl2N2O2+. The number of halogens is 2. The fourth-order valence-corrected chi connectivity index (χ4v) is 2.67. The number of nitrogens with one attached hydrogen (secondary N) is 1. The van der Waals surface area contributed by atoms with Gasteiger partial charge in [0, 0.05) is 21.3 Å². The van der Waals surface area contributed by atoms with E-state index in [2.05, 4.69) is 5.32 Å². The number of benzene rings is 2. The van der Waals surface area contributed by atoms with Crippen molar-refractivity contribution in [3.63, 3.8) is 0 Å². The Balaban J connectivity index is 2.18. The SMILES string of the molecule is O=C(Nc1cc(Cl)cc(Cl)c1)[C@H]([NH2+]CCO)c1ccccc1. The molecule has 0 saturated carbocycles. The van der Waals surface area contributed by atoms with Crippen molar-refractivity contribution in [3.8, 4) is 0 Å². The van der Waals surface area contributed by atoms with Crippen LogP contribution in [0.25, 0.3) is 0 Å². The minimum atomic E-state index is -0.453. The molecule has 2 rings (SSSR count). The molecule has 4 nitrogen and oxygen atoms in total. The average molecular weight is 340 g/mol. The van der Waals surface area contributed by atoms with Crippen LogP contribution < -0.4 is 10.6 Å². The zero-order valence-corrected chi connectivity index (χ0v) is 13.3. The van der Waals surface area contributed by atoms with Gasteiger partial charge in [-0.3, -0.25) is 4.79 Å². The van der Waals surface area contributed by atoms with Crippen LogP contribution in [-0.2, 0) is 4.79 Å². The van der Waals surface area contributed by atoms with E-state index in [4.69, 9.17) is 28.3 Å². The van der Waals surface area contributed by atoms with Gasteiger partial charge in [0.25, 0.3) is 5.91 Å². The normalized spacial score (nSPS) is 12.0. The Kier molecular flexibility index (Phi) is 6.21. The van der Waals surface area contributed by atoms with Gasteiger partial charge in [0.1, 0.15) is 0 Å². The Hall–Kier alpha value is -1.59. The fraction of sp³-hybridized carbons (Fsp3) is 0.188. The number of quaternary nitrogens is 1. The lowest BCUT2D eigenvalue weighted by Crippen LogP contribution is -2.88. The smallest absolute Gasteiger partial charge is 0.287 e. The summed E-state index contributed by atoms with van der Waals surface area (Å²) in [5.41, 5.74) is 1.41. The summed E-state index contributed by atoms with van der Waals surface area (Å²) in [5.74, 6) is -0.196. The molecule has 0 bridgehead atoms. The maximum Gasteiger partial charge on any atom is 0.287 e. The summed E-state index contributed by atoms with van der Waals surface area (Å²) in [4.78, 5) is 12.5. The van der Waals surface area contributed by atoms with E-state index in [-0.39, 0.29) is 12.5 Å². The summed E-state index contributed by atoms with van der Waals surface area (Å²) < 4.78 is 0. The second kappa shape index (κ2) is 8.15. The van der Waals surface area contributed by atoms with Crippen molar-refractivity contribution in [2.45, 2.75) is 6.04 Å². The van der Waals surface area contributed by atoms with E-state index in [0.717, 1.165) is 5.56 Å². The van der Waals surface area contributed by atoms with E-state index in [0.29, 0.717) is 22.3 Å². The van der Waals surface area contributed by atoms with E-state index in [1.54, 1.807) is 23.5 Å². The highest BCUT2D eigenvalue weighted by Crippen LogP contribution is 2.23. The van der Waals surface area contributed by atoms with Crippen molar-refractivity contribution < 1.29 is 15.2 Å². The van der Waals surface area contributed by atoms with Gasteiger partial charge in [0.05, 0.1) is 13.2 Å². The van der Waals surface area contributed by atoms with Crippen molar-refractivity contribution in [2.75, 3.05) is 18.5 Å². The Morgan fingerprint density at radius 2 is 1.77 bits per heavy atom. The van der Waals surface area contributed by atoms with Crippen LogP contribution in [0.1, 0.15) is 11.6 Å². The number of rotatable bonds is 6. The van der Waals surface area contributed by atoms with Gasteiger partial charge in [-0.25, -0.2) is 0 Å². The first-order chi connectivity index (χ1) is 10.6. The first-order valence-electron chi connectivity index (χ1n) is 6.86. The highest BCUT2D eigenvalue weighted by molar-refractivity contribution is 6.35. The maximum absolute atomic E-state index is 12.5. The second-order valence-corrected chi connectivity index (χ2v) is 5.66. The van der Waals surface area contributed by atoms with Crippen LogP contribution in [0.2, 0.25) is 10.0 Å². The predicted octanol–water partition coefficient (Wildman–Crippen LogP) is 2.23. The van der Waals surface area contributed by atoms with Crippen LogP contribution in [0.15, 0.2) is 48.5 Å². The number of aliphatic hydroxyl groups is 1. The Labute approximate surface area is 139 Å². The van der Waals surface area contributed by atoms with Crippen LogP contribution in [-0.4, -0.2) is 24.2 Å². The number of hydrogen-bond acceptors (Lipinski definition) is 2. The fourth-order valence-electron chi connectivity index (χ4n) is 2.14. The number of carbonyl (C=O) groups is 1. The Morgan fingerprint density at radius 1 is 1.14 bits per heavy atom. The average Bonchev–Trinajstić information content (AvgIpc) is 2.47. The third-order valence-electron chi connectivity index (χ3n) is 3.10. The Morgan fingerprint density at radius 3 is 2.36 bits per heavy atom. The molecule has 0 spiro atoms. The molecule has 0 heterocycles.